The summed E-state index contributed by atoms with van der Waals surface area (Å²) in [7, 11) is 0. The van der Waals surface area contributed by atoms with Crippen LogP contribution in [-0.4, -0.2) is 15.9 Å². The number of thiazole rings is 1. The van der Waals surface area contributed by atoms with E-state index in [0.717, 1.165) is 26.1 Å². The number of carbonyl (C=O) groups excluding carboxylic acids is 1. The highest BCUT2D eigenvalue weighted by molar-refractivity contribution is 9.10. The van der Waals surface area contributed by atoms with Crippen molar-refractivity contribution in [2.45, 2.75) is 13.5 Å². The van der Waals surface area contributed by atoms with Crippen LogP contribution in [-0.2, 0) is 6.54 Å². The average molecular weight is 350 g/mol. The highest BCUT2D eigenvalue weighted by atomic mass is 79.9. The summed E-state index contributed by atoms with van der Waals surface area (Å²) in [4.78, 5) is 19.7. The molecule has 3 aromatic rings. The maximum atomic E-state index is 12.2. The number of rotatable bonds is 3. The predicted molar refractivity (Wildman–Crippen MR) is 84.0 cm³/mol. The zero-order valence-electron chi connectivity index (χ0n) is 10.7. The molecule has 0 saturated carbocycles. The van der Waals surface area contributed by atoms with Gasteiger partial charge in [0, 0.05) is 32.6 Å². The maximum absolute atomic E-state index is 12.2. The van der Waals surface area contributed by atoms with Crippen LogP contribution in [0.4, 0.5) is 0 Å². The third-order valence-corrected chi connectivity index (χ3v) is 4.42. The van der Waals surface area contributed by atoms with E-state index in [9.17, 15) is 4.79 Å². The van der Waals surface area contributed by atoms with Crippen molar-refractivity contribution in [1.29, 1.82) is 0 Å². The lowest BCUT2D eigenvalue weighted by molar-refractivity contribution is 0.0952. The van der Waals surface area contributed by atoms with Gasteiger partial charge in [0.25, 0.3) is 5.91 Å². The summed E-state index contributed by atoms with van der Waals surface area (Å²) in [6.07, 6.45) is 1.74. The molecule has 2 aromatic heterocycles. The van der Waals surface area contributed by atoms with Gasteiger partial charge in [-0.15, -0.1) is 11.3 Å². The molecule has 2 N–H and O–H groups in total. The molecule has 0 atom stereocenters. The van der Waals surface area contributed by atoms with Gasteiger partial charge in [-0.05, 0) is 25.1 Å². The van der Waals surface area contributed by atoms with Crippen molar-refractivity contribution in [2.24, 2.45) is 0 Å². The van der Waals surface area contributed by atoms with Gasteiger partial charge in [-0.25, -0.2) is 4.98 Å². The summed E-state index contributed by atoms with van der Waals surface area (Å²) >= 11 is 4.98. The second kappa shape index (κ2) is 5.38. The average Bonchev–Trinajstić information content (AvgIpc) is 3.02. The summed E-state index contributed by atoms with van der Waals surface area (Å²) in [6.45, 7) is 2.40. The van der Waals surface area contributed by atoms with E-state index >= 15 is 0 Å². The number of aromatic amines is 1. The van der Waals surface area contributed by atoms with Gasteiger partial charge in [-0.1, -0.05) is 15.9 Å². The monoisotopic (exact) mass is 349 g/mol. The second-order valence-electron chi connectivity index (χ2n) is 4.46. The fourth-order valence-corrected chi connectivity index (χ4v) is 3.09. The van der Waals surface area contributed by atoms with Crippen LogP contribution in [0.25, 0.3) is 10.9 Å². The predicted octanol–water partition coefficient (Wildman–Crippen LogP) is 3.63. The first-order valence-electron chi connectivity index (χ1n) is 6.09. The van der Waals surface area contributed by atoms with Gasteiger partial charge in [0.1, 0.15) is 5.01 Å². The van der Waals surface area contributed by atoms with E-state index in [1.807, 2.05) is 30.5 Å². The van der Waals surface area contributed by atoms with Crippen molar-refractivity contribution in [1.82, 2.24) is 15.3 Å². The Balaban J connectivity index is 1.80. The van der Waals surface area contributed by atoms with E-state index in [0.29, 0.717) is 12.1 Å². The molecular weight excluding hydrogens is 338 g/mol. The Morgan fingerprint density at radius 1 is 1.50 bits per heavy atom. The lowest BCUT2D eigenvalue weighted by atomic mass is 10.1. The summed E-state index contributed by atoms with van der Waals surface area (Å²) in [5.74, 6) is -0.0952. The van der Waals surface area contributed by atoms with Crippen LogP contribution in [0, 0.1) is 6.92 Å². The Morgan fingerprint density at radius 2 is 2.35 bits per heavy atom. The van der Waals surface area contributed by atoms with E-state index in [-0.39, 0.29) is 5.91 Å². The Bertz CT molecular complexity index is 778. The van der Waals surface area contributed by atoms with Gasteiger partial charge in [-0.3, -0.25) is 4.79 Å². The number of benzene rings is 1. The minimum atomic E-state index is -0.0952. The van der Waals surface area contributed by atoms with Gasteiger partial charge in [0.05, 0.1) is 12.1 Å². The van der Waals surface area contributed by atoms with Crippen molar-refractivity contribution in [3.8, 4) is 0 Å². The van der Waals surface area contributed by atoms with E-state index < -0.39 is 0 Å². The fourth-order valence-electron chi connectivity index (χ4n) is 2.02. The van der Waals surface area contributed by atoms with E-state index in [4.69, 9.17) is 0 Å². The quantitative estimate of drug-likeness (QED) is 0.758. The minimum absolute atomic E-state index is 0.0952. The summed E-state index contributed by atoms with van der Waals surface area (Å²) in [5.41, 5.74) is 2.58. The Hall–Kier alpha value is -1.66. The summed E-state index contributed by atoms with van der Waals surface area (Å²) < 4.78 is 0.953. The van der Waals surface area contributed by atoms with Crippen LogP contribution < -0.4 is 5.32 Å². The number of hydrogen-bond donors (Lipinski definition) is 2. The van der Waals surface area contributed by atoms with Crippen LogP contribution in [0.5, 0.6) is 0 Å². The van der Waals surface area contributed by atoms with Crippen molar-refractivity contribution >= 4 is 44.1 Å². The molecule has 102 valence electrons. The van der Waals surface area contributed by atoms with Gasteiger partial charge in [-0.2, -0.15) is 0 Å². The molecule has 20 heavy (non-hydrogen) atoms. The van der Waals surface area contributed by atoms with Crippen LogP contribution in [0.1, 0.15) is 21.1 Å². The fraction of sp³-hybridized carbons (Fsp3) is 0.143. The molecule has 0 aliphatic rings. The molecule has 4 nitrogen and oxygen atoms in total. The zero-order valence-corrected chi connectivity index (χ0v) is 13.1. The smallest absolute Gasteiger partial charge is 0.253 e. The second-order valence-corrected chi connectivity index (χ2v) is 6.32. The Kier molecular flexibility index (Phi) is 3.58. The zero-order chi connectivity index (χ0) is 14.1. The molecule has 0 spiro atoms. The topological polar surface area (TPSA) is 57.8 Å². The van der Waals surface area contributed by atoms with Gasteiger partial charge >= 0.3 is 0 Å². The SMILES string of the molecule is Cc1csc(CNC(=O)c2c[nH]c3ccc(Br)cc23)n1. The molecule has 2 heterocycles. The van der Waals surface area contributed by atoms with Gasteiger partial charge in [0.2, 0.25) is 0 Å². The third kappa shape index (κ3) is 2.62. The Labute approximate surface area is 128 Å². The molecule has 1 aromatic carbocycles. The van der Waals surface area contributed by atoms with Gasteiger partial charge < -0.3 is 10.3 Å². The summed E-state index contributed by atoms with van der Waals surface area (Å²) in [6, 6.07) is 5.83. The third-order valence-electron chi connectivity index (χ3n) is 2.96. The first-order chi connectivity index (χ1) is 9.63. The van der Waals surface area contributed by atoms with Gasteiger partial charge in [0.15, 0.2) is 0 Å². The molecule has 6 heteroatoms. The van der Waals surface area contributed by atoms with Crippen molar-refractivity contribution < 1.29 is 4.79 Å². The highest BCUT2D eigenvalue weighted by Gasteiger charge is 2.12. The summed E-state index contributed by atoms with van der Waals surface area (Å²) in [5, 5.41) is 6.70. The Morgan fingerprint density at radius 3 is 3.10 bits per heavy atom. The number of halogens is 1. The van der Waals surface area contributed by atoms with Crippen LogP contribution in [0.2, 0.25) is 0 Å². The molecule has 0 aliphatic carbocycles. The molecule has 3 rings (SSSR count). The number of H-pyrrole nitrogens is 1. The number of fused-ring (bicyclic) bond motifs is 1. The minimum Gasteiger partial charge on any atom is -0.360 e. The number of nitrogens with one attached hydrogen (secondary N) is 2. The normalized spacial score (nSPS) is 10.9. The number of aromatic nitrogens is 2. The van der Waals surface area contributed by atoms with Crippen molar-refractivity contribution in [3.05, 3.63) is 50.5 Å². The number of hydrogen-bond acceptors (Lipinski definition) is 3. The van der Waals surface area contributed by atoms with Crippen LogP contribution >= 0.6 is 27.3 Å². The number of nitrogens with zero attached hydrogens (tertiary/aromatic N) is 1. The van der Waals surface area contributed by atoms with Crippen molar-refractivity contribution in [2.75, 3.05) is 0 Å². The largest absolute Gasteiger partial charge is 0.360 e. The molecule has 1 amide bonds. The lowest BCUT2D eigenvalue weighted by Gasteiger charge is -2.02. The van der Waals surface area contributed by atoms with Crippen LogP contribution in [0.3, 0.4) is 0 Å². The number of aryl methyl sites for hydroxylation is 1. The number of carbonyl (C=O) groups is 1. The van der Waals surface area contributed by atoms with E-state index in [1.165, 1.54) is 0 Å². The molecule has 0 radical (unpaired) electrons. The highest BCUT2D eigenvalue weighted by Crippen LogP contribution is 2.22. The standard InChI is InChI=1S/C14H12BrN3OS/c1-8-7-20-13(18-8)6-17-14(19)11-5-16-12-3-2-9(15)4-10(11)12/h2-5,7,16H,6H2,1H3,(H,17,19). The number of amides is 1. The van der Waals surface area contributed by atoms with E-state index in [1.54, 1.807) is 17.5 Å². The first kappa shape index (κ1) is 13.3. The molecule has 0 saturated heterocycles. The molecular formula is C14H12BrN3OS. The maximum Gasteiger partial charge on any atom is 0.253 e. The van der Waals surface area contributed by atoms with E-state index in [2.05, 4.69) is 31.2 Å². The van der Waals surface area contributed by atoms with Crippen molar-refractivity contribution in [3.63, 3.8) is 0 Å². The molecule has 0 bridgehead atoms. The van der Waals surface area contributed by atoms with Crippen LogP contribution in [0.15, 0.2) is 34.2 Å². The first-order valence-corrected chi connectivity index (χ1v) is 7.76. The lowest BCUT2D eigenvalue weighted by Crippen LogP contribution is -2.22. The molecule has 0 aliphatic heterocycles. The molecule has 0 fully saturated rings. The molecule has 0 unspecified atom stereocenters.